The molecule has 3 aliphatic rings. The van der Waals surface area contributed by atoms with E-state index in [1.165, 1.54) is 0 Å². The maximum Gasteiger partial charge on any atom is 0.349 e. The van der Waals surface area contributed by atoms with E-state index in [-0.39, 0.29) is 16.6 Å². The summed E-state index contributed by atoms with van der Waals surface area (Å²) in [6.45, 7) is 61.2. The molecule has 3 rings (SSSR count). The number of hydrogen-bond donors (Lipinski definition) is 0. The molecular weight excluding hydrogens is 901 g/mol. The van der Waals surface area contributed by atoms with Crippen molar-refractivity contribution >= 4 is 77.0 Å². The van der Waals surface area contributed by atoms with Gasteiger partial charge in [0.2, 0.25) is 0 Å². The van der Waals surface area contributed by atoms with Crippen molar-refractivity contribution in [2.75, 3.05) is 0 Å². The van der Waals surface area contributed by atoms with Gasteiger partial charge in [-0.15, -0.1) is 59.2 Å². The fourth-order valence-electron chi connectivity index (χ4n) is 7.07. The van der Waals surface area contributed by atoms with Crippen molar-refractivity contribution in [2.45, 2.75) is 155 Å². The van der Waals surface area contributed by atoms with E-state index in [1.54, 1.807) is 17.1 Å². The smallest absolute Gasteiger partial charge is 0.349 e. The molecule has 3 heterocycles. The molecule has 18 heteroatoms. The van der Waals surface area contributed by atoms with Gasteiger partial charge < -0.3 is 37.0 Å². The van der Waals surface area contributed by atoms with E-state index >= 15 is 0 Å². The zero-order chi connectivity index (χ0) is 46.3. The van der Waals surface area contributed by atoms with E-state index in [1.807, 2.05) is 53.8 Å². The first kappa shape index (κ1) is 57.3. The minimum absolute atomic E-state index is 0.273. The normalized spacial score (nSPS) is 37.6. The lowest BCUT2D eigenvalue weighted by Gasteiger charge is -2.54. The molecule has 0 bridgehead atoms. The molecule has 342 valence electrons. The van der Waals surface area contributed by atoms with Crippen LogP contribution < -0.4 is 0 Å². The molecule has 0 atom stereocenters. The van der Waals surface area contributed by atoms with E-state index in [0.29, 0.717) is 0 Å². The predicted octanol–water partition coefficient (Wildman–Crippen LogP) is 13.2. The minimum Gasteiger partial charge on any atom is -0.410 e. The van der Waals surface area contributed by atoms with Crippen LogP contribution in [0.5, 0.6) is 0 Å². The fraction of sp³-hybridized carbons (Fsp3) is 0.571. The Kier molecular flexibility index (Phi) is 22.9. The molecule has 0 saturated carbocycles. The lowest BCUT2D eigenvalue weighted by molar-refractivity contribution is 0.217. The summed E-state index contributed by atoms with van der Waals surface area (Å²) in [5.74, 6) is 0. The molecule has 9 nitrogen and oxygen atoms in total. The van der Waals surface area contributed by atoms with Gasteiger partial charge in [-0.1, -0.05) is 152 Å². The summed E-state index contributed by atoms with van der Waals surface area (Å²) in [6, 6.07) is 2.87. The summed E-state index contributed by atoms with van der Waals surface area (Å²) in [5, 5.41) is 0. The number of hydrogen-bond acceptors (Lipinski definition) is 9. The average Bonchev–Trinajstić information content (AvgIpc) is 3.23. The van der Waals surface area contributed by atoms with Gasteiger partial charge in [0.15, 0.2) is 0 Å². The zero-order valence-electron chi connectivity index (χ0n) is 39.8. The van der Waals surface area contributed by atoms with Crippen LogP contribution in [0.4, 0.5) is 0 Å². The SMILES string of the molecule is C=C[Si]1(C(C)C)O[Si](C=C)(C(C)C)O[Si](C=C)(C(C)C)O1.C=C[Si]1(C)O[Si](C)(C=C)O[Si](C)(C=C)O1.C=C[Si]1(CCCC)O[Si](C=C)(CCCC)O[Si](C=C)(CCCC)O1. The number of unbranched alkanes of at least 4 members (excludes halogenated alkanes) is 3. The average molecular weight is 986 g/mol. The molecular formula is C42H84O9Si9. The highest BCUT2D eigenvalue weighted by molar-refractivity contribution is 7.01. The van der Waals surface area contributed by atoms with Gasteiger partial charge in [-0.25, -0.2) is 0 Å². The Balaban J connectivity index is 0.000000462. The van der Waals surface area contributed by atoms with Crippen molar-refractivity contribution < 1.29 is 37.0 Å². The van der Waals surface area contributed by atoms with E-state index in [4.69, 9.17) is 37.0 Å². The van der Waals surface area contributed by atoms with Crippen molar-refractivity contribution in [1.29, 1.82) is 0 Å². The van der Waals surface area contributed by atoms with Crippen LogP contribution in [0.2, 0.25) is 54.4 Å². The van der Waals surface area contributed by atoms with E-state index in [0.717, 1.165) is 56.7 Å². The highest BCUT2D eigenvalue weighted by Crippen LogP contribution is 2.46. The maximum absolute atomic E-state index is 6.69. The van der Waals surface area contributed by atoms with Gasteiger partial charge in [-0.2, -0.15) is 0 Å². The summed E-state index contributed by atoms with van der Waals surface area (Å²) in [6.07, 6.45) is 6.69. The third kappa shape index (κ3) is 14.1. The Bertz CT molecular complexity index is 1300. The third-order valence-electron chi connectivity index (χ3n) is 11.2. The second-order valence-electron chi connectivity index (χ2n) is 17.2. The van der Waals surface area contributed by atoms with Crippen molar-refractivity contribution in [3.05, 3.63) is 111 Å². The van der Waals surface area contributed by atoms with Crippen LogP contribution in [0.25, 0.3) is 0 Å². The van der Waals surface area contributed by atoms with E-state index in [2.05, 4.69) is 122 Å². The first-order chi connectivity index (χ1) is 27.9. The highest BCUT2D eigenvalue weighted by Gasteiger charge is 2.63. The molecule has 0 radical (unpaired) electrons. The first-order valence-corrected chi connectivity index (χ1v) is 41.4. The van der Waals surface area contributed by atoms with E-state index < -0.39 is 77.0 Å². The van der Waals surface area contributed by atoms with Gasteiger partial charge in [0.1, 0.15) is 0 Å². The van der Waals surface area contributed by atoms with Crippen molar-refractivity contribution in [3.8, 4) is 0 Å². The Hall–Kier alpha value is -0.748. The van der Waals surface area contributed by atoms with Crippen molar-refractivity contribution in [1.82, 2.24) is 0 Å². The second-order valence-corrected chi connectivity index (χ2v) is 48.5. The summed E-state index contributed by atoms with van der Waals surface area (Å²) >= 11 is 0. The molecule has 3 fully saturated rings. The van der Waals surface area contributed by atoms with Crippen molar-refractivity contribution in [3.63, 3.8) is 0 Å². The molecule has 60 heavy (non-hydrogen) atoms. The monoisotopic (exact) mass is 984 g/mol. The number of rotatable bonds is 21. The Morgan fingerprint density at radius 2 is 0.550 bits per heavy atom. The van der Waals surface area contributed by atoms with Crippen LogP contribution in [-0.2, 0) is 37.0 Å². The lowest BCUT2D eigenvalue weighted by Crippen LogP contribution is -2.71. The van der Waals surface area contributed by atoms with Gasteiger partial charge >= 0.3 is 77.0 Å². The molecule has 0 unspecified atom stereocenters. The molecule has 0 aromatic heterocycles. The molecule has 0 aromatic rings. The molecule has 0 spiro atoms. The molecule has 0 amide bonds. The predicted molar refractivity (Wildman–Crippen MR) is 275 cm³/mol. The molecule has 3 saturated heterocycles. The zero-order valence-corrected chi connectivity index (χ0v) is 48.8. The largest absolute Gasteiger partial charge is 0.410 e. The standard InChI is InChI=1S/C18H36O3Si3.C15H30O3Si3.C9H18O3Si3/c1-7-13-16-22(10-4)19-23(11-5,17-14-8-2)21-24(12-6,20-22)18-15-9-3;1-10-19(13(4)5)16-20(11-2,14(6)7)18-21(12-3,17-19)15(8)9;1-7-13(4)10-14(5,8-2)12-15(6,9-3)11-13/h10-12H,4-9,13-18H2,1-3H3;10-15H,1-3H2,4-9H3;7-9H,1-3H2,4-6H3. The molecule has 3 aliphatic heterocycles. The highest BCUT2D eigenvalue weighted by atomic mass is 28.5. The van der Waals surface area contributed by atoms with Crippen LogP contribution in [-0.4, -0.2) is 77.0 Å². The van der Waals surface area contributed by atoms with Crippen LogP contribution in [0.3, 0.4) is 0 Å². The van der Waals surface area contributed by atoms with E-state index in [9.17, 15) is 0 Å². The van der Waals surface area contributed by atoms with Gasteiger partial charge in [0, 0.05) is 0 Å². The molecule has 0 N–H and O–H groups in total. The summed E-state index contributed by atoms with van der Waals surface area (Å²) in [5.41, 5.74) is 17.9. The Labute approximate surface area is 377 Å². The molecule has 0 aromatic carbocycles. The van der Waals surface area contributed by atoms with Crippen LogP contribution in [0.15, 0.2) is 111 Å². The fourth-order valence-corrected chi connectivity index (χ4v) is 53.3. The lowest BCUT2D eigenvalue weighted by atomic mass is 10.4. The van der Waals surface area contributed by atoms with Crippen molar-refractivity contribution in [2.24, 2.45) is 0 Å². The van der Waals surface area contributed by atoms with Gasteiger partial charge in [0.05, 0.1) is 0 Å². The Morgan fingerprint density at radius 3 is 0.683 bits per heavy atom. The topological polar surface area (TPSA) is 83.1 Å². The third-order valence-corrected chi connectivity index (χ3v) is 50.6. The summed E-state index contributed by atoms with van der Waals surface area (Å²) in [7, 11) is -22.0. The first-order valence-electron chi connectivity index (χ1n) is 22.0. The van der Waals surface area contributed by atoms with Crippen LogP contribution in [0.1, 0.15) is 101 Å². The quantitative estimate of drug-likeness (QED) is 0.104. The van der Waals surface area contributed by atoms with Gasteiger partial charge in [-0.3, -0.25) is 0 Å². The minimum atomic E-state index is -2.55. The van der Waals surface area contributed by atoms with Gasteiger partial charge in [0.25, 0.3) is 0 Å². The van der Waals surface area contributed by atoms with Gasteiger partial charge in [-0.05, 0) is 54.4 Å². The van der Waals surface area contributed by atoms with Crippen LogP contribution >= 0.6 is 0 Å². The Morgan fingerprint density at radius 1 is 0.333 bits per heavy atom. The summed E-state index contributed by atoms with van der Waals surface area (Å²) in [4.78, 5) is 0. The summed E-state index contributed by atoms with van der Waals surface area (Å²) < 4.78 is 57.6. The second kappa shape index (κ2) is 24.0. The maximum atomic E-state index is 6.69. The van der Waals surface area contributed by atoms with Crippen LogP contribution in [0, 0.1) is 0 Å². The molecule has 0 aliphatic carbocycles.